The summed E-state index contributed by atoms with van der Waals surface area (Å²) in [6.45, 7) is 4.41. The Hall–Kier alpha value is -2.89. The smallest absolute Gasteiger partial charge is 0.306 e. The first-order valence-electron chi connectivity index (χ1n) is 28.3. The van der Waals surface area contributed by atoms with Crippen LogP contribution in [0.15, 0.2) is 97.2 Å². The minimum Gasteiger partial charge on any atom is -0.457 e. The number of esters is 1. The van der Waals surface area contributed by atoms with E-state index in [2.05, 4.69) is 111 Å². The number of aliphatic hydroxyl groups is 4. The summed E-state index contributed by atoms with van der Waals surface area (Å²) in [5.74, 6) is -0.329. The largest absolute Gasteiger partial charge is 0.457 e. The van der Waals surface area contributed by atoms with E-state index in [9.17, 15) is 25.2 Å². The Balaban J connectivity index is 2.19. The maximum atomic E-state index is 12.9. The van der Waals surface area contributed by atoms with Crippen LogP contribution in [0.5, 0.6) is 0 Å². The van der Waals surface area contributed by atoms with Gasteiger partial charge in [0.1, 0.15) is 30.5 Å². The Morgan fingerprint density at radius 3 is 1.31 bits per heavy atom. The lowest BCUT2D eigenvalue weighted by Crippen LogP contribution is -2.59. The van der Waals surface area contributed by atoms with Gasteiger partial charge in [0.25, 0.3) is 0 Å². The van der Waals surface area contributed by atoms with E-state index in [1.165, 1.54) is 109 Å². The Morgan fingerprint density at radius 1 is 0.471 bits per heavy atom. The molecule has 6 atom stereocenters. The van der Waals surface area contributed by atoms with Crippen LogP contribution in [0, 0.1) is 0 Å². The van der Waals surface area contributed by atoms with Crippen molar-refractivity contribution < 1.29 is 44.2 Å². The van der Waals surface area contributed by atoms with Crippen molar-refractivity contribution in [2.24, 2.45) is 0 Å². The van der Waals surface area contributed by atoms with Crippen LogP contribution in [-0.2, 0) is 23.7 Å². The van der Waals surface area contributed by atoms with Gasteiger partial charge in [-0.1, -0.05) is 214 Å². The van der Waals surface area contributed by atoms with E-state index in [0.29, 0.717) is 13.0 Å². The number of ether oxygens (including phenoxy) is 4. The molecule has 0 aromatic carbocycles. The van der Waals surface area contributed by atoms with E-state index < -0.39 is 43.4 Å². The summed E-state index contributed by atoms with van der Waals surface area (Å²) in [7, 11) is 0. The molecule has 0 amide bonds. The van der Waals surface area contributed by atoms with E-state index in [0.717, 1.165) is 89.9 Å². The molecule has 0 spiro atoms. The molecule has 9 heteroatoms. The molecule has 1 aliphatic heterocycles. The van der Waals surface area contributed by atoms with Crippen molar-refractivity contribution in [1.29, 1.82) is 0 Å². The van der Waals surface area contributed by atoms with Crippen LogP contribution in [0.3, 0.4) is 0 Å². The fraction of sp³-hybridized carbons (Fsp3) is 0.721. The second-order valence-electron chi connectivity index (χ2n) is 19.0. The number of hydrogen-bond donors (Lipinski definition) is 4. The van der Waals surface area contributed by atoms with Gasteiger partial charge in [0.05, 0.1) is 19.8 Å². The normalized spacial score (nSPS) is 19.7. The molecule has 0 aliphatic carbocycles. The van der Waals surface area contributed by atoms with Crippen LogP contribution in [0.2, 0.25) is 0 Å². The zero-order valence-corrected chi connectivity index (χ0v) is 44.5. The van der Waals surface area contributed by atoms with Gasteiger partial charge in [-0.2, -0.15) is 0 Å². The zero-order valence-electron chi connectivity index (χ0n) is 44.5. The van der Waals surface area contributed by atoms with Crippen molar-refractivity contribution in [3.63, 3.8) is 0 Å². The van der Waals surface area contributed by atoms with Crippen molar-refractivity contribution in [1.82, 2.24) is 0 Å². The van der Waals surface area contributed by atoms with E-state index >= 15 is 0 Å². The molecule has 0 aromatic rings. The van der Waals surface area contributed by atoms with Crippen molar-refractivity contribution >= 4 is 5.97 Å². The molecule has 1 rings (SSSR count). The average molecular weight is 981 g/mol. The number of allylic oxidation sites excluding steroid dienone is 16. The zero-order chi connectivity index (χ0) is 50.6. The molecule has 402 valence electrons. The lowest BCUT2D eigenvalue weighted by molar-refractivity contribution is -0.305. The van der Waals surface area contributed by atoms with Crippen molar-refractivity contribution in [3.8, 4) is 0 Å². The van der Waals surface area contributed by atoms with E-state index in [1.807, 2.05) is 0 Å². The Bertz CT molecular complexity index is 1390. The summed E-state index contributed by atoms with van der Waals surface area (Å²) in [4.78, 5) is 12.9. The number of aliphatic hydroxyl groups excluding tert-OH is 4. The van der Waals surface area contributed by atoms with E-state index in [1.54, 1.807) is 0 Å². The van der Waals surface area contributed by atoms with Crippen LogP contribution >= 0.6 is 0 Å². The van der Waals surface area contributed by atoms with Gasteiger partial charge in [-0.25, -0.2) is 0 Å². The topological polar surface area (TPSA) is 135 Å². The maximum absolute atomic E-state index is 12.9. The first-order chi connectivity index (χ1) is 34.4. The third-order valence-corrected chi connectivity index (χ3v) is 12.5. The Kier molecular flexibility index (Phi) is 47.5. The molecular formula is C61H104O9. The van der Waals surface area contributed by atoms with Gasteiger partial charge in [-0.15, -0.1) is 0 Å². The fourth-order valence-corrected chi connectivity index (χ4v) is 8.11. The summed E-state index contributed by atoms with van der Waals surface area (Å²) >= 11 is 0. The molecule has 1 saturated heterocycles. The standard InChI is InChI=1S/C61H104O9/c1-3-5-7-9-11-13-15-17-19-21-23-25-26-27-28-29-31-33-35-37-39-41-43-45-47-49-51-67-53-55(54-68-61-60(66)59(65)58(64)56(52-62)70-61)69-57(63)50-48-46-44-42-40-38-36-34-32-30-24-22-20-18-16-14-12-10-8-6-4-2/h5,7,11,13,16-19,22-25,27-28,32,34,55-56,58-62,64-66H,3-4,6,8-10,12,14-15,20-21,26,29-31,33,35-54H2,1-2H3/b7-5-,13-11-,18-16-,19-17-,24-22-,25-23-,28-27-,34-32-. The molecule has 0 radical (unpaired) electrons. The minimum atomic E-state index is -1.55. The first-order valence-corrected chi connectivity index (χ1v) is 28.3. The predicted octanol–water partition coefficient (Wildman–Crippen LogP) is 14.7. The van der Waals surface area contributed by atoms with Gasteiger partial charge in [-0.05, 0) is 96.3 Å². The molecule has 1 aliphatic rings. The SMILES string of the molecule is CC/C=C\C/C=C\C/C=C\C/C=C\C/C=C\CCCCCCCCCCCCOCC(COC1OC(CO)C(O)C(O)C1O)OC(=O)CCCCCCCC/C=C\C/C=C\C/C=C\CCCCCCC. The lowest BCUT2D eigenvalue weighted by Gasteiger charge is -2.39. The second kappa shape index (κ2) is 51.0. The average Bonchev–Trinajstić information content (AvgIpc) is 3.36. The number of carbonyl (C=O) groups excluding carboxylic acids is 1. The monoisotopic (exact) mass is 981 g/mol. The van der Waals surface area contributed by atoms with Gasteiger partial charge in [0.2, 0.25) is 0 Å². The highest BCUT2D eigenvalue weighted by Crippen LogP contribution is 2.23. The van der Waals surface area contributed by atoms with Crippen LogP contribution < -0.4 is 0 Å². The van der Waals surface area contributed by atoms with Gasteiger partial charge in [0, 0.05) is 13.0 Å². The number of unbranched alkanes of at least 4 members (excludes halogenated alkanes) is 21. The third-order valence-electron chi connectivity index (χ3n) is 12.5. The molecule has 0 bridgehead atoms. The van der Waals surface area contributed by atoms with Crippen LogP contribution in [0.1, 0.15) is 219 Å². The maximum Gasteiger partial charge on any atom is 0.306 e. The van der Waals surface area contributed by atoms with Gasteiger partial charge < -0.3 is 39.4 Å². The molecule has 1 heterocycles. The molecular weight excluding hydrogens is 877 g/mol. The highest BCUT2D eigenvalue weighted by molar-refractivity contribution is 5.69. The van der Waals surface area contributed by atoms with Crippen LogP contribution in [-0.4, -0.2) is 89.6 Å². The molecule has 70 heavy (non-hydrogen) atoms. The van der Waals surface area contributed by atoms with Crippen molar-refractivity contribution in [3.05, 3.63) is 97.2 Å². The number of carbonyl (C=O) groups is 1. The fourth-order valence-electron chi connectivity index (χ4n) is 8.11. The highest BCUT2D eigenvalue weighted by Gasteiger charge is 2.44. The summed E-state index contributed by atoms with van der Waals surface area (Å²) in [5, 5.41) is 40.3. The molecule has 4 N–H and O–H groups in total. The summed E-state index contributed by atoms with van der Waals surface area (Å²) in [6.07, 6.45) is 64.4. The van der Waals surface area contributed by atoms with Crippen LogP contribution in [0.4, 0.5) is 0 Å². The van der Waals surface area contributed by atoms with E-state index in [4.69, 9.17) is 18.9 Å². The highest BCUT2D eigenvalue weighted by atomic mass is 16.7. The minimum absolute atomic E-state index is 0.126. The van der Waals surface area contributed by atoms with Crippen LogP contribution in [0.25, 0.3) is 0 Å². The third kappa shape index (κ3) is 40.7. The second-order valence-corrected chi connectivity index (χ2v) is 19.0. The van der Waals surface area contributed by atoms with Gasteiger partial charge in [0.15, 0.2) is 6.29 Å². The molecule has 1 fully saturated rings. The summed E-state index contributed by atoms with van der Waals surface area (Å²) < 4.78 is 22.9. The number of rotatable bonds is 48. The molecule has 0 saturated carbocycles. The summed E-state index contributed by atoms with van der Waals surface area (Å²) in [6, 6.07) is 0. The van der Waals surface area contributed by atoms with Crippen molar-refractivity contribution in [2.45, 2.75) is 256 Å². The summed E-state index contributed by atoms with van der Waals surface area (Å²) in [5.41, 5.74) is 0. The Labute approximate surface area is 428 Å². The first kappa shape index (κ1) is 65.1. The Morgan fingerprint density at radius 2 is 0.871 bits per heavy atom. The van der Waals surface area contributed by atoms with Gasteiger partial charge in [-0.3, -0.25) is 4.79 Å². The lowest BCUT2D eigenvalue weighted by atomic mass is 9.99. The molecule has 6 unspecified atom stereocenters. The van der Waals surface area contributed by atoms with Crippen molar-refractivity contribution in [2.75, 3.05) is 26.4 Å². The molecule has 0 aromatic heterocycles. The number of hydrogen-bond acceptors (Lipinski definition) is 9. The quantitative estimate of drug-likeness (QED) is 0.0267. The van der Waals surface area contributed by atoms with Gasteiger partial charge >= 0.3 is 5.97 Å². The molecule has 9 nitrogen and oxygen atoms in total. The van der Waals surface area contributed by atoms with E-state index in [-0.39, 0.29) is 19.2 Å². The predicted molar refractivity (Wildman–Crippen MR) is 293 cm³/mol.